The van der Waals surface area contributed by atoms with Crippen molar-refractivity contribution in [2.24, 2.45) is 0 Å². The van der Waals surface area contributed by atoms with Crippen LogP contribution in [0.25, 0.3) is 10.2 Å². The van der Waals surface area contributed by atoms with E-state index in [4.69, 9.17) is 46.4 Å². The summed E-state index contributed by atoms with van der Waals surface area (Å²) in [6.45, 7) is 0. The molecule has 1 aromatic heterocycles. The van der Waals surface area contributed by atoms with Crippen LogP contribution in [0.3, 0.4) is 0 Å². The molecule has 0 saturated heterocycles. The van der Waals surface area contributed by atoms with Crippen LogP contribution in [-0.2, 0) is 16.2 Å². The fraction of sp³-hybridized carbons (Fsp3) is 0.0500. The molecule has 4 aromatic rings. The molecule has 0 radical (unpaired) electrons. The molecule has 0 aliphatic rings. The lowest BCUT2D eigenvalue weighted by Crippen LogP contribution is -2.14. The second kappa shape index (κ2) is 9.57. The van der Waals surface area contributed by atoms with Gasteiger partial charge in [0.1, 0.15) is 4.90 Å². The van der Waals surface area contributed by atoms with Gasteiger partial charge in [-0.25, -0.2) is 13.4 Å². The highest BCUT2D eigenvalue weighted by Crippen LogP contribution is 2.43. The van der Waals surface area contributed by atoms with E-state index in [0.717, 1.165) is 10.8 Å². The quantitative estimate of drug-likeness (QED) is 0.247. The normalized spacial score (nSPS) is 12.3. The van der Waals surface area contributed by atoms with Crippen LogP contribution in [0.4, 0.5) is 18.9 Å². The van der Waals surface area contributed by atoms with E-state index in [1.165, 1.54) is 35.2 Å². The summed E-state index contributed by atoms with van der Waals surface area (Å²) < 4.78 is 67.8. The number of sulfonamides is 1. The van der Waals surface area contributed by atoms with E-state index in [-0.39, 0.29) is 15.7 Å². The Kier molecular flexibility index (Phi) is 7.23. The lowest BCUT2D eigenvalue weighted by Gasteiger charge is -2.13. The van der Waals surface area contributed by atoms with E-state index < -0.39 is 31.7 Å². The lowest BCUT2D eigenvalue weighted by atomic mass is 10.2. The highest BCUT2D eigenvalue weighted by Gasteiger charge is 2.32. The average Bonchev–Trinajstić information content (AvgIpc) is 3.11. The molecule has 0 amide bonds. The molecule has 0 fully saturated rings. The van der Waals surface area contributed by atoms with E-state index >= 15 is 0 Å². The summed E-state index contributed by atoms with van der Waals surface area (Å²) in [4.78, 5) is 4.40. The maximum atomic E-state index is 12.8. The van der Waals surface area contributed by atoms with Crippen molar-refractivity contribution in [1.82, 2.24) is 4.98 Å². The largest absolute Gasteiger partial charge is 0.416 e. The SMILES string of the molecule is O=S(=O)(Nc1cc(Cl)c(Sc2nc3cc(Cl)ccc3s2)c(Cl)c1)c1ccc(C(F)(F)F)cc1Cl. The first kappa shape index (κ1) is 25.7. The Morgan fingerprint density at radius 2 is 1.59 bits per heavy atom. The van der Waals surface area contributed by atoms with Crippen molar-refractivity contribution in [3.8, 4) is 0 Å². The molecule has 14 heteroatoms. The molecule has 4 rings (SSSR count). The number of nitrogens with zero attached hydrogens (tertiary/aromatic N) is 1. The zero-order chi connectivity index (χ0) is 24.8. The molecule has 4 nitrogen and oxygen atoms in total. The van der Waals surface area contributed by atoms with E-state index in [9.17, 15) is 21.6 Å². The maximum absolute atomic E-state index is 12.8. The monoisotopic (exact) mass is 602 g/mol. The number of fused-ring (bicyclic) bond motifs is 1. The van der Waals surface area contributed by atoms with Crippen molar-refractivity contribution in [3.05, 3.63) is 74.2 Å². The van der Waals surface area contributed by atoms with Crippen LogP contribution in [0.1, 0.15) is 5.56 Å². The number of hydrogen-bond acceptors (Lipinski definition) is 5. The number of rotatable bonds is 5. The second-order valence-corrected chi connectivity index (χ2v) is 12.3. The third-order valence-corrected chi connectivity index (χ3v) is 9.48. The fourth-order valence-electron chi connectivity index (χ4n) is 2.83. The molecule has 0 atom stereocenters. The Morgan fingerprint density at radius 1 is 0.912 bits per heavy atom. The maximum Gasteiger partial charge on any atom is 0.416 e. The Hall–Kier alpha value is -1.40. The predicted molar refractivity (Wildman–Crippen MR) is 132 cm³/mol. The summed E-state index contributed by atoms with van der Waals surface area (Å²) in [5.41, 5.74) is -0.350. The molecule has 1 heterocycles. The Labute approximate surface area is 220 Å². The van der Waals surface area contributed by atoms with Gasteiger partial charge in [-0.2, -0.15) is 13.2 Å². The summed E-state index contributed by atoms with van der Waals surface area (Å²) in [7, 11) is -4.33. The molecular weight excluding hydrogens is 595 g/mol. The average molecular weight is 604 g/mol. The number of nitrogens with one attached hydrogen (secondary N) is 1. The van der Waals surface area contributed by atoms with Crippen molar-refractivity contribution in [3.63, 3.8) is 0 Å². The van der Waals surface area contributed by atoms with Crippen LogP contribution >= 0.6 is 69.5 Å². The van der Waals surface area contributed by atoms with Crippen molar-refractivity contribution in [2.45, 2.75) is 20.3 Å². The Morgan fingerprint density at radius 3 is 2.21 bits per heavy atom. The highest BCUT2D eigenvalue weighted by molar-refractivity contribution is 8.01. The number of thiazole rings is 1. The van der Waals surface area contributed by atoms with Gasteiger partial charge in [0.2, 0.25) is 0 Å². The summed E-state index contributed by atoms with van der Waals surface area (Å²) >= 11 is 27.1. The zero-order valence-corrected chi connectivity index (χ0v) is 21.7. The third-order valence-electron chi connectivity index (χ3n) is 4.32. The topological polar surface area (TPSA) is 59.1 Å². The van der Waals surface area contributed by atoms with Crippen LogP contribution in [0.2, 0.25) is 20.1 Å². The zero-order valence-electron chi connectivity index (χ0n) is 16.3. The Bertz CT molecular complexity index is 1500. The van der Waals surface area contributed by atoms with Crippen molar-refractivity contribution in [1.29, 1.82) is 0 Å². The van der Waals surface area contributed by atoms with Crippen molar-refractivity contribution < 1.29 is 21.6 Å². The van der Waals surface area contributed by atoms with Gasteiger partial charge in [0.05, 0.1) is 41.4 Å². The summed E-state index contributed by atoms with van der Waals surface area (Å²) in [6.07, 6.45) is -4.66. The van der Waals surface area contributed by atoms with E-state index in [1.807, 2.05) is 6.07 Å². The molecule has 0 aliphatic heterocycles. The van der Waals surface area contributed by atoms with Gasteiger partial charge < -0.3 is 0 Å². The fourth-order valence-corrected chi connectivity index (χ4v) is 7.30. The van der Waals surface area contributed by atoms with Gasteiger partial charge in [-0.1, -0.05) is 58.2 Å². The molecular formula is C20H9Cl4F3N2O2S3. The molecule has 3 aromatic carbocycles. The molecule has 0 bridgehead atoms. The van der Waals surface area contributed by atoms with Gasteiger partial charge in [0.15, 0.2) is 4.34 Å². The minimum Gasteiger partial charge on any atom is -0.279 e. The second-order valence-electron chi connectivity index (χ2n) is 6.71. The van der Waals surface area contributed by atoms with Crippen LogP contribution in [0.15, 0.2) is 62.7 Å². The Balaban J connectivity index is 1.60. The van der Waals surface area contributed by atoms with Gasteiger partial charge in [-0.05, 0) is 48.5 Å². The number of anilines is 1. The summed E-state index contributed by atoms with van der Waals surface area (Å²) in [6, 6.07) is 9.93. The van der Waals surface area contributed by atoms with Crippen LogP contribution in [0.5, 0.6) is 0 Å². The standard InChI is InChI=1S/C20H9Cl4F3N2O2S3/c21-10-2-3-16-15(6-10)28-19(32-16)33-18-13(23)7-11(8-14(18)24)29-34(30,31)17-4-1-9(5-12(17)22)20(25,26)27/h1-8,29H. The van der Waals surface area contributed by atoms with Crippen LogP contribution in [-0.4, -0.2) is 13.4 Å². The molecule has 0 spiro atoms. The molecule has 1 N–H and O–H groups in total. The lowest BCUT2D eigenvalue weighted by molar-refractivity contribution is -0.137. The molecule has 0 unspecified atom stereocenters. The molecule has 0 saturated carbocycles. The predicted octanol–water partition coefficient (Wildman–Crippen LogP) is 8.88. The molecule has 0 aliphatic carbocycles. The van der Waals surface area contributed by atoms with Gasteiger partial charge in [0, 0.05) is 5.02 Å². The van der Waals surface area contributed by atoms with Gasteiger partial charge in [-0.15, -0.1) is 11.3 Å². The number of halogens is 7. The minimum absolute atomic E-state index is 0.00592. The number of alkyl halides is 3. The first-order valence-electron chi connectivity index (χ1n) is 8.96. The van der Waals surface area contributed by atoms with Gasteiger partial charge >= 0.3 is 6.18 Å². The minimum atomic E-state index is -4.66. The van der Waals surface area contributed by atoms with Gasteiger partial charge in [0.25, 0.3) is 10.0 Å². The third kappa shape index (κ3) is 5.53. The number of hydrogen-bond donors (Lipinski definition) is 1. The molecule has 178 valence electrons. The number of aromatic nitrogens is 1. The summed E-state index contributed by atoms with van der Waals surface area (Å²) in [5, 5.41) is 0.259. The van der Waals surface area contributed by atoms with Gasteiger partial charge in [-0.3, -0.25) is 4.72 Å². The van der Waals surface area contributed by atoms with Crippen molar-refractivity contribution >= 4 is 95.4 Å². The summed E-state index contributed by atoms with van der Waals surface area (Å²) in [5.74, 6) is 0. The van der Waals surface area contributed by atoms with E-state index in [0.29, 0.717) is 31.9 Å². The van der Waals surface area contributed by atoms with E-state index in [1.54, 1.807) is 12.1 Å². The van der Waals surface area contributed by atoms with Crippen molar-refractivity contribution in [2.75, 3.05) is 4.72 Å². The van der Waals surface area contributed by atoms with Crippen LogP contribution < -0.4 is 4.72 Å². The first-order valence-corrected chi connectivity index (χ1v) is 13.6. The number of benzene rings is 3. The highest BCUT2D eigenvalue weighted by atomic mass is 35.5. The smallest absolute Gasteiger partial charge is 0.279 e. The van der Waals surface area contributed by atoms with Crippen LogP contribution in [0, 0.1) is 0 Å². The first-order chi connectivity index (χ1) is 15.8. The molecule has 34 heavy (non-hydrogen) atoms. The van der Waals surface area contributed by atoms with E-state index in [2.05, 4.69) is 9.71 Å².